The lowest BCUT2D eigenvalue weighted by Crippen LogP contribution is -2.33. The fraction of sp³-hybridized carbons (Fsp3) is 0.188. The van der Waals surface area contributed by atoms with Crippen molar-refractivity contribution in [3.8, 4) is 6.07 Å². The van der Waals surface area contributed by atoms with Crippen LogP contribution >= 0.6 is 11.6 Å². The van der Waals surface area contributed by atoms with Crippen LogP contribution in [0.2, 0.25) is 5.02 Å². The van der Waals surface area contributed by atoms with Gasteiger partial charge < -0.3 is 5.32 Å². The zero-order chi connectivity index (χ0) is 15.8. The summed E-state index contributed by atoms with van der Waals surface area (Å²) in [5.74, 6) is -0.179. The van der Waals surface area contributed by atoms with Crippen LogP contribution in [-0.4, -0.2) is 28.9 Å². The van der Waals surface area contributed by atoms with Crippen molar-refractivity contribution in [2.75, 3.05) is 18.4 Å². The molecule has 112 valence electrons. The highest BCUT2D eigenvalue weighted by atomic mass is 35.5. The highest BCUT2D eigenvalue weighted by Gasteiger charge is 2.11. The molecule has 0 spiro atoms. The molecule has 0 aliphatic heterocycles. The van der Waals surface area contributed by atoms with Crippen LogP contribution in [0, 0.1) is 11.3 Å². The first-order valence-corrected chi connectivity index (χ1v) is 7.09. The molecular formula is C16H15ClN4O. The number of anilines is 1. The van der Waals surface area contributed by atoms with Gasteiger partial charge in [0.2, 0.25) is 5.91 Å². The van der Waals surface area contributed by atoms with E-state index in [1.165, 1.54) is 0 Å². The summed E-state index contributed by atoms with van der Waals surface area (Å²) in [6.07, 6.45) is 3.41. The molecule has 2 rings (SSSR count). The van der Waals surface area contributed by atoms with Gasteiger partial charge in [0.05, 0.1) is 19.2 Å². The summed E-state index contributed by atoms with van der Waals surface area (Å²) in [6, 6.07) is 12.7. The molecule has 1 aromatic carbocycles. The van der Waals surface area contributed by atoms with Gasteiger partial charge in [-0.25, -0.2) is 0 Å². The number of halogens is 1. The van der Waals surface area contributed by atoms with E-state index in [4.69, 9.17) is 16.9 Å². The minimum atomic E-state index is -0.179. The summed E-state index contributed by atoms with van der Waals surface area (Å²) >= 11 is 5.80. The van der Waals surface area contributed by atoms with E-state index >= 15 is 0 Å². The molecule has 0 saturated heterocycles. The van der Waals surface area contributed by atoms with Gasteiger partial charge in [-0.15, -0.1) is 0 Å². The Kier molecular flexibility index (Phi) is 5.90. The van der Waals surface area contributed by atoms with Gasteiger partial charge in [-0.1, -0.05) is 17.7 Å². The van der Waals surface area contributed by atoms with Crippen LogP contribution in [0.3, 0.4) is 0 Å². The molecule has 0 aliphatic carbocycles. The molecule has 1 heterocycles. The number of nitrogens with one attached hydrogen (secondary N) is 1. The van der Waals surface area contributed by atoms with Crippen LogP contribution in [-0.2, 0) is 11.3 Å². The summed E-state index contributed by atoms with van der Waals surface area (Å²) in [6.45, 7) is 0.795. The highest BCUT2D eigenvalue weighted by molar-refractivity contribution is 6.30. The van der Waals surface area contributed by atoms with Gasteiger partial charge >= 0.3 is 0 Å². The van der Waals surface area contributed by atoms with Crippen molar-refractivity contribution < 1.29 is 4.79 Å². The van der Waals surface area contributed by atoms with Crippen LogP contribution in [0.4, 0.5) is 5.69 Å². The van der Waals surface area contributed by atoms with Crippen molar-refractivity contribution in [2.45, 2.75) is 6.54 Å². The van der Waals surface area contributed by atoms with Crippen LogP contribution in [0.15, 0.2) is 48.8 Å². The second kappa shape index (κ2) is 8.13. The molecule has 0 radical (unpaired) electrons. The van der Waals surface area contributed by atoms with Crippen molar-refractivity contribution in [1.29, 1.82) is 5.26 Å². The Labute approximate surface area is 134 Å². The van der Waals surface area contributed by atoms with Crippen LogP contribution in [0.5, 0.6) is 0 Å². The largest absolute Gasteiger partial charge is 0.325 e. The number of rotatable bonds is 6. The maximum atomic E-state index is 12.1. The number of carbonyl (C=O) groups excluding carboxylic acids is 1. The monoisotopic (exact) mass is 314 g/mol. The SMILES string of the molecule is N#CCN(CC(=O)Nc1ccc(Cl)cc1)Cc1cccnc1. The van der Waals surface area contributed by atoms with E-state index in [0.29, 0.717) is 17.3 Å². The first kappa shape index (κ1) is 16.0. The summed E-state index contributed by atoms with van der Waals surface area (Å²) in [5, 5.41) is 12.3. The Morgan fingerprint density at radius 2 is 2.09 bits per heavy atom. The molecule has 5 nitrogen and oxygen atoms in total. The zero-order valence-corrected chi connectivity index (χ0v) is 12.6. The lowest BCUT2D eigenvalue weighted by Gasteiger charge is -2.18. The van der Waals surface area contributed by atoms with Gasteiger partial charge in [0.15, 0.2) is 0 Å². The van der Waals surface area contributed by atoms with Crippen LogP contribution in [0.25, 0.3) is 0 Å². The average Bonchev–Trinajstić information content (AvgIpc) is 2.51. The molecule has 1 amide bonds. The molecule has 6 heteroatoms. The summed E-state index contributed by atoms with van der Waals surface area (Å²) < 4.78 is 0. The molecule has 0 bridgehead atoms. The Morgan fingerprint density at radius 1 is 1.32 bits per heavy atom. The number of hydrogen-bond donors (Lipinski definition) is 1. The van der Waals surface area contributed by atoms with Gasteiger partial charge in [0, 0.05) is 29.6 Å². The van der Waals surface area contributed by atoms with E-state index in [1.807, 2.05) is 12.1 Å². The zero-order valence-electron chi connectivity index (χ0n) is 11.9. The topological polar surface area (TPSA) is 69.0 Å². The molecule has 0 unspecified atom stereocenters. The van der Waals surface area contributed by atoms with Gasteiger partial charge in [0.1, 0.15) is 0 Å². The molecule has 1 aromatic heterocycles. The second-order valence-corrected chi connectivity index (χ2v) is 5.16. The summed E-state index contributed by atoms with van der Waals surface area (Å²) in [4.78, 5) is 17.8. The average molecular weight is 315 g/mol. The summed E-state index contributed by atoms with van der Waals surface area (Å²) in [5.41, 5.74) is 1.63. The van der Waals surface area contributed by atoms with Gasteiger partial charge in [-0.05, 0) is 35.9 Å². The highest BCUT2D eigenvalue weighted by Crippen LogP contribution is 2.13. The fourth-order valence-electron chi connectivity index (χ4n) is 1.95. The standard InChI is InChI=1S/C16H15ClN4O/c17-14-3-5-15(6-4-14)20-16(22)12-21(9-7-18)11-13-2-1-8-19-10-13/h1-6,8,10H,9,11-12H2,(H,20,22). The lowest BCUT2D eigenvalue weighted by molar-refractivity contribution is -0.117. The second-order valence-electron chi connectivity index (χ2n) is 4.72. The fourth-order valence-corrected chi connectivity index (χ4v) is 2.08. The summed E-state index contributed by atoms with van der Waals surface area (Å²) in [7, 11) is 0. The molecule has 0 saturated carbocycles. The van der Waals surface area contributed by atoms with Crippen molar-refractivity contribution in [3.63, 3.8) is 0 Å². The number of amides is 1. The van der Waals surface area contributed by atoms with Crippen LogP contribution in [0.1, 0.15) is 5.56 Å². The first-order chi connectivity index (χ1) is 10.7. The van der Waals surface area contributed by atoms with Gasteiger partial charge in [-0.3, -0.25) is 14.7 Å². The molecular weight excluding hydrogens is 300 g/mol. The third kappa shape index (κ3) is 5.17. The number of nitriles is 1. The van der Waals surface area contributed by atoms with E-state index in [0.717, 1.165) is 5.56 Å². The Morgan fingerprint density at radius 3 is 2.73 bits per heavy atom. The normalized spacial score (nSPS) is 10.2. The smallest absolute Gasteiger partial charge is 0.238 e. The third-order valence-electron chi connectivity index (χ3n) is 2.92. The van der Waals surface area contributed by atoms with Crippen molar-refractivity contribution in [1.82, 2.24) is 9.88 Å². The quantitative estimate of drug-likeness (QED) is 0.832. The Balaban J connectivity index is 1.94. The Hall–Kier alpha value is -2.42. The maximum absolute atomic E-state index is 12.1. The number of carbonyl (C=O) groups is 1. The predicted molar refractivity (Wildman–Crippen MR) is 85.2 cm³/mol. The number of hydrogen-bond acceptors (Lipinski definition) is 4. The molecule has 0 atom stereocenters. The number of benzene rings is 1. The van der Waals surface area contributed by atoms with E-state index in [2.05, 4.69) is 16.4 Å². The number of nitrogens with zero attached hydrogens (tertiary/aromatic N) is 3. The third-order valence-corrected chi connectivity index (χ3v) is 3.17. The van der Waals surface area contributed by atoms with Crippen LogP contribution < -0.4 is 5.32 Å². The molecule has 0 aliphatic rings. The first-order valence-electron chi connectivity index (χ1n) is 6.71. The van der Waals surface area contributed by atoms with Crippen molar-refractivity contribution >= 4 is 23.2 Å². The molecule has 2 aromatic rings. The van der Waals surface area contributed by atoms with Crippen molar-refractivity contribution in [2.24, 2.45) is 0 Å². The minimum Gasteiger partial charge on any atom is -0.325 e. The maximum Gasteiger partial charge on any atom is 0.238 e. The van der Waals surface area contributed by atoms with E-state index in [-0.39, 0.29) is 19.0 Å². The number of pyridine rings is 1. The van der Waals surface area contributed by atoms with E-state index in [1.54, 1.807) is 41.6 Å². The predicted octanol–water partition coefficient (Wildman–Crippen LogP) is 2.70. The minimum absolute atomic E-state index is 0.130. The van der Waals surface area contributed by atoms with Gasteiger partial charge in [-0.2, -0.15) is 5.26 Å². The van der Waals surface area contributed by atoms with E-state index in [9.17, 15) is 4.79 Å². The molecule has 0 fully saturated rings. The van der Waals surface area contributed by atoms with Gasteiger partial charge in [0.25, 0.3) is 0 Å². The Bertz CT molecular complexity index is 652. The van der Waals surface area contributed by atoms with Crippen molar-refractivity contribution in [3.05, 3.63) is 59.4 Å². The molecule has 1 N–H and O–H groups in total. The van der Waals surface area contributed by atoms with E-state index < -0.39 is 0 Å². The lowest BCUT2D eigenvalue weighted by atomic mass is 10.2. The molecule has 22 heavy (non-hydrogen) atoms. The number of aromatic nitrogens is 1.